The highest BCUT2D eigenvalue weighted by Gasteiger charge is 2.22. The van der Waals surface area contributed by atoms with Crippen LogP contribution >= 0.6 is 0 Å². The Morgan fingerprint density at radius 3 is 1.94 bits per heavy atom. The van der Waals surface area contributed by atoms with Crippen LogP contribution < -0.4 is 0 Å². The maximum absolute atomic E-state index is 12.1. The molecule has 1 N–H and O–H groups in total. The van der Waals surface area contributed by atoms with Crippen molar-refractivity contribution in [1.82, 2.24) is 4.31 Å². The molecule has 0 bridgehead atoms. The summed E-state index contributed by atoms with van der Waals surface area (Å²) in [6.45, 7) is 5.28. The highest BCUT2D eigenvalue weighted by Crippen LogP contribution is 2.19. The second kappa shape index (κ2) is 5.16. The van der Waals surface area contributed by atoms with Crippen molar-refractivity contribution < 1.29 is 13.5 Å². The van der Waals surface area contributed by atoms with E-state index in [9.17, 15) is 13.5 Å². The molecule has 5 heteroatoms. The SMILES string of the molecule is CC(O)c1ccc(S(=O)(=O)N(C)C(C)C)cc1. The van der Waals surface area contributed by atoms with Gasteiger partial charge in [-0.1, -0.05) is 12.1 Å². The quantitative estimate of drug-likeness (QED) is 0.894. The molecule has 0 radical (unpaired) electrons. The molecule has 0 saturated carbocycles. The molecular weight excluding hydrogens is 238 g/mol. The second-order valence-corrected chi connectivity index (χ2v) is 6.36. The first-order valence-electron chi connectivity index (χ1n) is 5.53. The van der Waals surface area contributed by atoms with Gasteiger partial charge in [0.1, 0.15) is 0 Å². The molecule has 1 rings (SSSR count). The van der Waals surface area contributed by atoms with Crippen molar-refractivity contribution in [3.8, 4) is 0 Å². The number of sulfonamides is 1. The smallest absolute Gasteiger partial charge is 0.243 e. The molecule has 0 heterocycles. The molecule has 96 valence electrons. The van der Waals surface area contributed by atoms with E-state index in [2.05, 4.69) is 0 Å². The van der Waals surface area contributed by atoms with Gasteiger partial charge in [0.15, 0.2) is 0 Å². The number of benzene rings is 1. The van der Waals surface area contributed by atoms with E-state index in [4.69, 9.17) is 0 Å². The van der Waals surface area contributed by atoms with Crippen LogP contribution in [0.5, 0.6) is 0 Å². The number of rotatable bonds is 4. The minimum atomic E-state index is -3.43. The molecular formula is C12H19NO3S. The summed E-state index contributed by atoms with van der Waals surface area (Å²) in [6.07, 6.45) is -0.588. The Labute approximate surface area is 103 Å². The summed E-state index contributed by atoms with van der Waals surface area (Å²) in [4.78, 5) is 0.248. The van der Waals surface area contributed by atoms with Gasteiger partial charge in [-0.2, -0.15) is 4.31 Å². The number of aliphatic hydroxyl groups is 1. The Balaban J connectivity index is 3.09. The third-order valence-corrected chi connectivity index (χ3v) is 4.81. The predicted molar refractivity (Wildman–Crippen MR) is 67.2 cm³/mol. The average Bonchev–Trinajstić information content (AvgIpc) is 2.27. The summed E-state index contributed by atoms with van der Waals surface area (Å²) in [5, 5.41) is 9.35. The van der Waals surface area contributed by atoms with Crippen molar-refractivity contribution >= 4 is 10.0 Å². The molecule has 1 aromatic carbocycles. The zero-order valence-electron chi connectivity index (χ0n) is 10.6. The van der Waals surface area contributed by atoms with Crippen LogP contribution in [0.25, 0.3) is 0 Å². The molecule has 0 aliphatic rings. The summed E-state index contributed by atoms with van der Waals surface area (Å²) >= 11 is 0. The van der Waals surface area contributed by atoms with Gasteiger partial charge in [-0.15, -0.1) is 0 Å². The zero-order valence-corrected chi connectivity index (χ0v) is 11.4. The van der Waals surface area contributed by atoms with Crippen LogP contribution in [0.2, 0.25) is 0 Å². The summed E-state index contributed by atoms with van der Waals surface area (Å²) < 4.78 is 25.6. The standard InChI is InChI=1S/C12H19NO3S/c1-9(2)13(4)17(15,16)12-7-5-11(6-8-12)10(3)14/h5-10,14H,1-4H3. The monoisotopic (exact) mass is 257 g/mol. The lowest BCUT2D eigenvalue weighted by atomic mass is 10.1. The van der Waals surface area contributed by atoms with Crippen LogP contribution in [0.3, 0.4) is 0 Å². The average molecular weight is 257 g/mol. The lowest BCUT2D eigenvalue weighted by Gasteiger charge is -2.21. The summed E-state index contributed by atoms with van der Waals surface area (Å²) in [5.41, 5.74) is 0.705. The van der Waals surface area contributed by atoms with E-state index in [1.165, 1.54) is 16.4 Å². The summed E-state index contributed by atoms with van der Waals surface area (Å²) in [6, 6.07) is 6.22. The van der Waals surface area contributed by atoms with Crippen LogP contribution in [-0.2, 0) is 10.0 Å². The van der Waals surface area contributed by atoms with Crippen molar-refractivity contribution in [2.24, 2.45) is 0 Å². The third-order valence-electron chi connectivity index (χ3n) is 2.77. The lowest BCUT2D eigenvalue weighted by molar-refractivity contribution is 0.199. The fourth-order valence-electron chi connectivity index (χ4n) is 1.36. The topological polar surface area (TPSA) is 57.6 Å². The minimum absolute atomic E-state index is 0.0866. The summed E-state index contributed by atoms with van der Waals surface area (Å²) in [5.74, 6) is 0. The molecule has 0 amide bonds. The molecule has 0 aliphatic heterocycles. The van der Waals surface area contributed by atoms with E-state index in [0.29, 0.717) is 5.56 Å². The van der Waals surface area contributed by atoms with E-state index in [-0.39, 0.29) is 10.9 Å². The van der Waals surface area contributed by atoms with E-state index in [1.54, 1.807) is 26.1 Å². The van der Waals surface area contributed by atoms with Gasteiger partial charge in [0.25, 0.3) is 0 Å². The summed E-state index contributed by atoms with van der Waals surface area (Å²) in [7, 11) is -1.87. The number of hydrogen-bond acceptors (Lipinski definition) is 3. The van der Waals surface area contributed by atoms with Crippen LogP contribution in [0.15, 0.2) is 29.2 Å². The van der Waals surface area contributed by atoms with Crippen LogP contribution in [-0.4, -0.2) is 30.9 Å². The number of nitrogens with zero attached hydrogens (tertiary/aromatic N) is 1. The number of aliphatic hydroxyl groups excluding tert-OH is 1. The van der Waals surface area contributed by atoms with Gasteiger partial charge in [0.2, 0.25) is 10.0 Å². The maximum atomic E-state index is 12.1. The maximum Gasteiger partial charge on any atom is 0.243 e. The van der Waals surface area contributed by atoms with E-state index in [0.717, 1.165) is 0 Å². The molecule has 0 spiro atoms. The van der Waals surface area contributed by atoms with Gasteiger partial charge in [0.05, 0.1) is 11.0 Å². The van der Waals surface area contributed by atoms with Gasteiger partial charge in [-0.3, -0.25) is 0 Å². The Hall–Kier alpha value is -0.910. The Kier molecular flexibility index (Phi) is 4.30. The van der Waals surface area contributed by atoms with Crippen molar-refractivity contribution in [2.45, 2.75) is 37.8 Å². The van der Waals surface area contributed by atoms with Gasteiger partial charge in [-0.25, -0.2) is 8.42 Å². The molecule has 0 aromatic heterocycles. The van der Waals surface area contributed by atoms with Crippen LogP contribution in [0.4, 0.5) is 0 Å². The van der Waals surface area contributed by atoms with E-state index in [1.807, 2.05) is 13.8 Å². The predicted octanol–water partition coefficient (Wildman–Crippen LogP) is 1.77. The second-order valence-electron chi connectivity index (χ2n) is 4.36. The van der Waals surface area contributed by atoms with Gasteiger partial charge in [-0.05, 0) is 38.5 Å². The first-order valence-corrected chi connectivity index (χ1v) is 6.97. The first kappa shape index (κ1) is 14.2. The fourth-order valence-corrected chi connectivity index (χ4v) is 2.73. The minimum Gasteiger partial charge on any atom is -0.389 e. The molecule has 17 heavy (non-hydrogen) atoms. The lowest BCUT2D eigenvalue weighted by Crippen LogP contribution is -2.33. The zero-order chi connectivity index (χ0) is 13.2. The molecule has 0 fully saturated rings. The van der Waals surface area contributed by atoms with Crippen molar-refractivity contribution in [3.05, 3.63) is 29.8 Å². The highest BCUT2D eigenvalue weighted by molar-refractivity contribution is 7.89. The van der Waals surface area contributed by atoms with Gasteiger partial charge in [0, 0.05) is 13.1 Å². The van der Waals surface area contributed by atoms with Crippen molar-refractivity contribution in [2.75, 3.05) is 7.05 Å². The highest BCUT2D eigenvalue weighted by atomic mass is 32.2. The molecule has 1 unspecified atom stereocenters. The van der Waals surface area contributed by atoms with E-state index < -0.39 is 16.1 Å². The Bertz CT molecular complexity index is 463. The first-order chi connectivity index (χ1) is 7.76. The normalized spacial score (nSPS) is 14.3. The van der Waals surface area contributed by atoms with Gasteiger partial charge >= 0.3 is 0 Å². The molecule has 0 aliphatic carbocycles. The Morgan fingerprint density at radius 1 is 1.12 bits per heavy atom. The molecule has 4 nitrogen and oxygen atoms in total. The van der Waals surface area contributed by atoms with Crippen LogP contribution in [0, 0.1) is 0 Å². The largest absolute Gasteiger partial charge is 0.389 e. The molecule has 0 saturated heterocycles. The third kappa shape index (κ3) is 3.06. The van der Waals surface area contributed by atoms with E-state index >= 15 is 0 Å². The fraction of sp³-hybridized carbons (Fsp3) is 0.500. The number of hydrogen-bond donors (Lipinski definition) is 1. The Morgan fingerprint density at radius 2 is 1.59 bits per heavy atom. The van der Waals surface area contributed by atoms with Gasteiger partial charge < -0.3 is 5.11 Å². The van der Waals surface area contributed by atoms with Crippen LogP contribution in [0.1, 0.15) is 32.4 Å². The van der Waals surface area contributed by atoms with Crippen molar-refractivity contribution in [1.29, 1.82) is 0 Å². The van der Waals surface area contributed by atoms with Crippen molar-refractivity contribution in [3.63, 3.8) is 0 Å². The molecule has 1 aromatic rings. The molecule has 1 atom stereocenters.